The Labute approximate surface area is 121 Å². The first-order valence-electron chi connectivity index (χ1n) is 7.47. The highest BCUT2D eigenvalue weighted by Gasteiger charge is 2.33. The van der Waals surface area contributed by atoms with Gasteiger partial charge in [-0.3, -0.25) is 0 Å². The SMILES string of the molecule is CC1(C)CCCC1NCc1ccc(-n2cccn2)cc1. The minimum atomic E-state index is 0.439. The number of nitrogens with one attached hydrogen (secondary N) is 1. The first-order valence-corrected chi connectivity index (χ1v) is 7.47. The van der Waals surface area contributed by atoms with E-state index in [1.165, 1.54) is 24.8 Å². The lowest BCUT2D eigenvalue weighted by molar-refractivity contribution is 0.282. The zero-order valence-corrected chi connectivity index (χ0v) is 12.3. The predicted molar refractivity (Wildman–Crippen MR) is 81.8 cm³/mol. The number of rotatable bonds is 4. The Kier molecular flexibility index (Phi) is 3.62. The average Bonchev–Trinajstić information content (AvgIpc) is 3.06. The van der Waals surface area contributed by atoms with Crippen LogP contribution in [0.1, 0.15) is 38.7 Å². The van der Waals surface area contributed by atoms with Gasteiger partial charge in [-0.15, -0.1) is 0 Å². The molecule has 1 aromatic heterocycles. The molecule has 1 unspecified atom stereocenters. The third kappa shape index (κ3) is 2.78. The van der Waals surface area contributed by atoms with Crippen LogP contribution in [0.3, 0.4) is 0 Å². The van der Waals surface area contributed by atoms with E-state index in [9.17, 15) is 0 Å². The van der Waals surface area contributed by atoms with Crippen LogP contribution in [-0.2, 0) is 6.54 Å². The van der Waals surface area contributed by atoms with Gasteiger partial charge in [-0.1, -0.05) is 32.4 Å². The van der Waals surface area contributed by atoms with E-state index in [4.69, 9.17) is 0 Å². The molecule has 20 heavy (non-hydrogen) atoms. The monoisotopic (exact) mass is 269 g/mol. The third-order valence-corrected chi connectivity index (χ3v) is 4.52. The molecule has 1 saturated carbocycles. The van der Waals surface area contributed by atoms with Crippen molar-refractivity contribution in [3.63, 3.8) is 0 Å². The molecule has 0 radical (unpaired) electrons. The maximum absolute atomic E-state index is 4.25. The smallest absolute Gasteiger partial charge is 0.0645 e. The molecule has 0 aliphatic heterocycles. The molecule has 3 heteroatoms. The first kappa shape index (κ1) is 13.4. The van der Waals surface area contributed by atoms with Gasteiger partial charge in [-0.05, 0) is 42.0 Å². The Morgan fingerprint density at radius 1 is 1.30 bits per heavy atom. The van der Waals surface area contributed by atoms with Gasteiger partial charge in [-0.25, -0.2) is 4.68 Å². The Balaban J connectivity index is 1.61. The number of hydrogen-bond donors (Lipinski definition) is 1. The molecule has 1 aliphatic rings. The van der Waals surface area contributed by atoms with E-state index in [0.717, 1.165) is 12.2 Å². The molecule has 0 amide bonds. The van der Waals surface area contributed by atoms with Gasteiger partial charge >= 0.3 is 0 Å². The topological polar surface area (TPSA) is 29.9 Å². The van der Waals surface area contributed by atoms with Crippen LogP contribution in [-0.4, -0.2) is 15.8 Å². The minimum Gasteiger partial charge on any atom is -0.309 e. The molecule has 1 N–H and O–H groups in total. The molecule has 0 bridgehead atoms. The summed E-state index contributed by atoms with van der Waals surface area (Å²) in [5, 5.41) is 7.97. The van der Waals surface area contributed by atoms with Crippen LogP contribution in [0.2, 0.25) is 0 Å². The molecule has 1 aromatic carbocycles. The second-order valence-electron chi connectivity index (χ2n) is 6.43. The van der Waals surface area contributed by atoms with E-state index in [1.807, 2.05) is 16.9 Å². The molecule has 106 valence electrons. The summed E-state index contributed by atoms with van der Waals surface area (Å²) in [6, 6.07) is 11.2. The fourth-order valence-corrected chi connectivity index (χ4v) is 3.13. The van der Waals surface area contributed by atoms with Crippen LogP contribution < -0.4 is 5.32 Å². The van der Waals surface area contributed by atoms with Crippen LogP contribution >= 0.6 is 0 Å². The Bertz CT molecular complexity index is 540. The predicted octanol–water partition coefficient (Wildman–Crippen LogP) is 3.54. The van der Waals surface area contributed by atoms with E-state index in [-0.39, 0.29) is 0 Å². The van der Waals surface area contributed by atoms with Gasteiger partial charge in [0.15, 0.2) is 0 Å². The molecule has 1 aliphatic carbocycles. The van der Waals surface area contributed by atoms with Crippen molar-refractivity contribution in [2.75, 3.05) is 0 Å². The Morgan fingerprint density at radius 2 is 2.10 bits per heavy atom. The van der Waals surface area contributed by atoms with Gasteiger partial charge < -0.3 is 5.32 Å². The minimum absolute atomic E-state index is 0.439. The molecule has 0 saturated heterocycles. The largest absolute Gasteiger partial charge is 0.309 e. The lowest BCUT2D eigenvalue weighted by Crippen LogP contribution is -2.37. The Morgan fingerprint density at radius 3 is 2.70 bits per heavy atom. The summed E-state index contributed by atoms with van der Waals surface area (Å²) < 4.78 is 1.89. The summed E-state index contributed by atoms with van der Waals surface area (Å²) in [5.74, 6) is 0. The van der Waals surface area contributed by atoms with E-state index in [0.29, 0.717) is 11.5 Å². The normalized spacial score (nSPS) is 21.2. The maximum atomic E-state index is 4.25. The summed E-state index contributed by atoms with van der Waals surface area (Å²) in [7, 11) is 0. The van der Waals surface area contributed by atoms with E-state index < -0.39 is 0 Å². The second kappa shape index (κ2) is 5.41. The van der Waals surface area contributed by atoms with E-state index in [2.05, 4.69) is 48.5 Å². The quantitative estimate of drug-likeness (QED) is 0.920. The lowest BCUT2D eigenvalue weighted by Gasteiger charge is -2.28. The van der Waals surface area contributed by atoms with Gasteiger partial charge in [-0.2, -0.15) is 5.10 Å². The molecular formula is C17H23N3. The maximum Gasteiger partial charge on any atom is 0.0645 e. The fourth-order valence-electron chi connectivity index (χ4n) is 3.13. The number of nitrogens with zero attached hydrogens (tertiary/aromatic N) is 2. The molecule has 3 rings (SSSR count). The first-order chi connectivity index (χ1) is 9.65. The van der Waals surface area contributed by atoms with Crippen molar-refractivity contribution >= 4 is 0 Å². The molecule has 0 spiro atoms. The Hall–Kier alpha value is -1.61. The zero-order valence-electron chi connectivity index (χ0n) is 12.3. The van der Waals surface area contributed by atoms with Gasteiger partial charge in [0, 0.05) is 25.0 Å². The van der Waals surface area contributed by atoms with E-state index in [1.54, 1.807) is 6.20 Å². The van der Waals surface area contributed by atoms with Crippen LogP contribution in [0, 0.1) is 5.41 Å². The summed E-state index contributed by atoms with van der Waals surface area (Å²) >= 11 is 0. The lowest BCUT2D eigenvalue weighted by atomic mass is 9.87. The van der Waals surface area contributed by atoms with Crippen LogP contribution in [0.5, 0.6) is 0 Å². The standard InChI is InChI=1S/C17H23N3/c1-17(2)10-3-5-16(17)18-13-14-6-8-15(9-7-14)20-12-4-11-19-20/h4,6-9,11-12,16,18H,3,5,10,13H2,1-2H3. The van der Waals surface area contributed by atoms with Gasteiger partial charge in [0.2, 0.25) is 0 Å². The summed E-state index contributed by atoms with van der Waals surface area (Å²) in [4.78, 5) is 0. The van der Waals surface area contributed by atoms with E-state index >= 15 is 0 Å². The van der Waals surface area contributed by atoms with Crippen molar-refractivity contribution in [1.82, 2.24) is 15.1 Å². The highest BCUT2D eigenvalue weighted by Crippen LogP contribution is 2.37. The molecule has 1 fully saturated rings. The van der Waals surface area contributed by atoms with Gasteiger partial charge in [0.1, 0.15) is 0 Å². The van der Waals surface area contributed by atoms with Gasteiger partial charge in [0.05, 0.1) is 5.69 Å². The molecule has 1 atom stereocenters. The van der Waals surface area contributed by atoms with Crippen molar-refractivity contribution in [2.24, 2.45) is 5.41 Å². The summed E-state index contributed by atoms with van der Waals surface area (Å²) in [6.07, 6.45) is 7.76. The summed E-state index contributed by atoms with van der Waals surface area (Å²) in [5.41, 5.74) is 2.89. The average molecular weight is 269 g/mol. The molecule has 1 heterocycles. The molecule has 2 aromatic rings. The van der Waals surface area contributed by atoms with Crippen LogP contribution in [0.4, 0.5) is 0 Å². The van der Waals surface area contributed by atoms with Crippen molar-refractivity contribution in [2.45, 2.75) is 45.7 Å². The van der Waals surface area contributed by atoms with Crippen LogP contribution in [0.15, 0.2) is 42.7 Å². The number of aromatic nitrogens is 2. The van der Waals surface area contributed by atoms with Crippen molar-refractivity contribution in [1.29, 1.82) is 0 Å². The van der Waals surface area contributed by atoms with Crippen molar-refractivity contribution in [3.05, 3.63) is 48.3 Å². The molecule has 3 nitrogen and oxygen atoms in total. The highest BCUT2D eigenvalue weighted by molar-refractivity contribution is 5.33. The van der Waals surface area contributed by atoms with Crippen molar-refractivity contribution < 1.29 is 0 Å². The van der Waals surface area contributed by atoms with Gasteiger partial charge in [0.25, 0.3) is 0 Å². The number of hydrogen-bond acceptors (Lipinski definition) is 2. The summed E-state index contributed by atoms with van der Waals surface area (Å²) in [6.45, 7) is 5.70. The number of benzene rings is 1. The van der Waals surface area contributed by atoms with Crippen molar-refractivity contribution in [3.8, 4) is 5.69 Å². The zero-order chi connectivity index (χ0) is 14.0. The fraction of sp³-hybridized carbons (Fsp3) is 0.471. The third-order valence-electron chi connectivity index (χ3n) is 4.52. The second-order valence-corrected chi connectivity index (χ2v) is 6.43. The highest BCUT2D eigenvalue weighted by atomic mass is 15.3. The molecular weight excluding hydrogens is 246 g/mol. The van der Waals surface area contributed by atoms with Crippen LogP contribution in [0.25, 0.3) is 5.69 Å².